The second-order valence-electron chi connectivity index (χ2n) is 5.12. The maximum absolute atomic E-state index is 9.54. The lowest BCUT2D eigenvalue weighted by atomic mass is 9.97. The molecule has 1 aromatic heterocycles. The van der Waals surface area contributed by atoms with Crippen LogP contribution in [0.5, 0.6) is 0 Å². The van der Waals surface area contributed by atoms with Crippen molar-refractivity contribution in [3.05, 3.63) is 28.5 Å². The standard InChI is InChI=1S/C14H21BrN2O/c1-10(13-8-12(15)6-7-16-13)17-14(9-18)11-4-2-3-5-11/h6-8,10-11,14,17-18H,2-5,9H2,1H3. The van der Waals surface area contributed by atoms with Crippen molar-refractivity contribution < 1.29 is 5.11 Å². The van der Waals surface area contributed by atoms with Gasteiger partial charge in [-0.15, -0.1) is 0 Å². The van der Waals surface area contributed by atoms with Gasteiger partial charge in [0.25, 0.3) is 0 Å². The molecule has 2 rings (SSSR count). The molecule has 0 spiro atoms. The second-order valence-corrected chi connectivity index (χ2v) is 6.04. The molecule has 2 N–H and O–H groups in total. The molecular formula is C14H21BrN2O. The van der Waals surface area contributed by atoms with E-state index in [9.17, 15) is 5.11 Å². The third-order valence-electron chi connectivity index (χ3n) is 3.82. The summed E-state index contributed by atoms with van der Waals surface area (Å²) in [6, 6.07) is 4.32. The van der Waals surface area contributed by atoms with Crippen LogP contribution in [-0.2, 0) is 0 Å². The van der Waals surface area contributed by atoms with E-state index in [1.807, 2.05) is 12.1 Å². The van der Waals surface area contributed by atoms with E-state index in [4.69, 9.17) is 0 Å². The van der Waals surface area contributed by atoms with E-state index in [-0.39, 0.29) is 18.7 Å². The van der Waals surface area contributed by atoms with E-state index in [1.54, 1.807) is 6.20 Å². The summed E-state index contributed by atoms with van der Waals surface area (Å²) < 4.78 is 1.04. The summed E-state index contributed by atoms with van der Waals surface area (Å²) in [5.74, 6) is 0.615. The van der Waals surface area contributed by atoms with Gasteiger partial charge in [-0.1, -0.05) is 28.8 Å². The number of hydrogen-bond donors (Lipinski definition) is 2. The number of nitrogens with one attached hydrogen (secondary N) is 1. The number of aliphatic hydroxyl groups excluding tert-OH is 1. The highest BCUT2D eigenvalue weighted by molar-refractivity contribution is 9.10. The highest BCUT2D eigenvalue weighted by Crippen LogP contribution is 2.28. The Morgan fingerprint density at radius 3 is 2.83 bits per heavy atom. The van der Waals surface area contributed by atoms with Gasteiger partial charge in [-0.2, -0.15) is 0 Å². The average molecular weight is 313 g/mol. The number of aliphatic hydroxyl groups is 1. The van der Waals surface area contributed by atoms with Crippen molar-refractivity contribution in [2.24, 2.45) is 5.92 Å². The van der Waals surface area contributed by atoms with Crippen molar-refractivity contribution in [1.29, 1.82) is 0 Å². The van der Waals surface area contributed by atoms with Crippen molar-refractivity contribution in [2.45, 2.75) is 44.7 Å². The average Bonchev–Trinajstić information content (AvgIpc) is 2.89. The van der Waals surface area contributed by atoms with Crippen LogP contribution in [0.15, 0.2) is 22.8 Å². The summed E-state index contributed by atoms with van der Waals surface area (Å²) in [5, 5.41) is 13.1. The molecule has 0 bridgehead atoms. The number of pyridine rings is 1. The van der Waals surface area contributed by atoms with Crippen LogP contribution in [0.1, 0.15) is 44.3 Å². The molecule has 0 saturated heterocycles. The Labute approximate surface area is 117 Å². The van der Waals surface area contributed by atoms with Gasteiger partial charge in [0, 0.05) is 22.8 Å². The SMILES string of the molecule is CC(NC(CO)C1CCCC1)c1cc(Br)ccn1. The predicted octanol–water partition coefficient (Wildman–Crippen LogP) is 3.05. The minimum Gasteiger partial charge on any atom is -0.395 e. The van der Waals surface area contributed by atoms with Crippen LogP contribution in [0.2, 0.25) is 0 Å². The third-order valence-corrected chi connectivity index (χ3v) is 4.31. The maximum Gasteiger partial charge on any atom is 0.0587 e. The van der Waals surface area contributed by atoms with Gasteiger partial charge >= 0.3 is 0 Å². The Balaban J connectivity index is 1.98. The minimum absolute atomic E-state index is 0.167. The van der Waals surface area contributed by atoms with Crippen LogP contribution in [0, 0.1) is 5.92 Å². The molecule has 0 radical (unpaired) electrons. The Morgan fingerprint density at radius 2 is 2.22 bits per heavy atom. The minimum atomic E-state index is 0.167. The molecule has 0 aromatic carbocycles. The van der Waals surface area contributed by atoms with E-state index in [2.05, 4.69) is 33.2 Å². The zero-order chi connectivity index (χ0) is 13.0. The third kappa shape index (κ3) is 3.53. The number of rotatable bonds is 5. The van der Waals surface area contributed by atoms with Crippen molar-refractivity contribution >= 4 is 15.9 Å². The summed E-state index contributed by atoms with van der Waals surface area (Å²) >= 11 is 3.46. The normalized spacial score (nSPS) is 19.9. The molecule has 4 heteroatoms. The van der Waals surface area contributed by atoms with E-state index >= 15 is 0 Å². The molecule has 1 aromatic rings. The lowest BCUT2D eigenvalue weighted by Crippen LogP contribution is -2.40. The molecule has 1 aliphatic rings. The number of halogens is 1. The first-order chi connectivity index (χ1) is 8.70. The van der Waals surface area contributed by atoms with Crippen LogP contribution >= 0.6 is 15.9 Å². The zero-order valence-electron chi connectivity index (χ0n) is 10.8. The topological polar surface area (TPSA) is 45.1 Å². The monoisotopic (exact) mass is 312 g/mol. The molecule has 18 heavy (non-hydrogen) atoms. The van der Waals surface area contributed by atoms with Gasteiger partial charge in [-0.05, 0) is 37.8 Å². The highest BCUT2D eigenvalue weighted by atomic mass is 79.9. The predicted molar refractivity (Wildman–Crippen MR) is 76.3 cm³/mol. The molecule has 0 amide bonds. The number of aromatic nitrogens is 1. The Hall–Kier alpha value is -0.450. The van der Waals surface area contributed by atoms with Gasteiger partial charge in [-0.3, -0.25) is 4.98 Å². The highest BCUT2D eigenvalue weighted by Gasteiger charge is 2.25. The Bertz CT molecular complexity index is 380. The number of nitrogens with zero attached hydrogens (tertiary/aromatic N) is 1. The van der Waals surface area contributed by atoms with Crippen molar-refractivity contribution in [3.63, 3.8) is 0 Å². The summed E-state index contributed by atoms with van der Waals surface area (Å²) in [5.41, 5.74) is 1.01. The summed E-state index contributed by atoms with van der Waals surface area (Å²) in [4.78, 5) is 4.38. The van der Waals surface area contributed by atoms with Crippen LogP contribution in [0.4, 0.5) is 0 Å². The van der Waals surface area contributed by atoms with E-state index in [0.29, 0.717) is 5.92 Å². The molecule has 0 aliphatic heterocycles. The molecule has 1 aliphatic carbocycles. The van der Waals surface area contributed by atoms with E-state index in [1.165, 1.54) is 25.7 Å². The van der Waals surface area contributed by atoms with Gasteiger partial charge in [0.1, 0.15) is 0 Å². The van der Waals surface area contributed by atoms with Gasteiger partial charge < -0.3 is 10.4 Å². The summed E-state index contributed by atoms with van der Waals surface area (Å²) in [6.45, 7) is 2.31. The van der Waals surface area contributed by atoms with Gasteiger partial charge in [-0.25, -0.2) is 0 Å². The van der Waals surface area contributed by atoms with E-state index < -0.39 is 0 Å². The molecule has 1 saturated carbocycles. The smallest absolute Gasteiger partial charge is 0.0587 e. The molecule has 3 nitrogen and oxygen atoms in total. The first-order valence-corrected chi connectivity index (χ1v) is 7.48. The molecule has 2 atom stereocenters. The van der Waals surface area contributed by atoms with Gasteiger partial charge in [0.05, 0.1) is 12.3 Å². The van der Waals surface area contributed by atoms with Crippen LogP contribution < -0.4 is 5.32 Å². The van der Waals surface area contributed by atoms with Crippen molar-refractivity contribution in [1.82, 2.24) is 10.3 Å². The first-order valence-electron chi connectivity index (χ1n) is 6.69. The van der Waals surface area contributed by atoms with Crippen LogP contribution in [0.25, 0.3) is 0 Å². The quantitative estimate of drug-likeness (QED) is 0.878. The Kier molecular flexibility index (Phi) is 5.15. The Morgan fingerprint density at radius 1 is 1.50 bits per heavy atom. The molecule has 100 valence electrons. The fraction of sp³-hybridized carbons (Fsp3) is 0.643. The zero-order valence-corrected chi connectivity index (χ0v) is 12.4. The molecule has 1 heterocycles. The largest absolute Gasteiger partial charge is 0.395 e. The maximum atomic E-state index is 9.54. The summed E-state index contributed by atoms with van der Waals surface area (Å²) in [6.07, 6.45) is 6.87. The molecule has 1 fully saturated rings. The lowest BCUT2D eigenvalue weighted by Gasteiger charge is -2.26. The summed E-state index contributed by atoms with van der Waals surface area (Å²) in [7, 11) is 0. The van der Waals surface area contributed by atoms with Crippen LogP contribution in [-0.4, -0.2) is 22.7 Å². The van der Waals surface area contributed by atoms with Crippen LogP contribution in [0.3, 0.4) is 0 Å². The number of hydrogen-bond acceptors (Lipinski definition) is 3. The van der Waals surface area contributed by atoms with Gasteiger partial charge in [0.2, 0.25) is 0 Å². The van der Waals surface area contributed by atoms with E-state index in [0.717, 1.165) is 10.2 Å². The van der Waals surface area contributed by atoms with Gasteiger partial charge in [0.15, 0.2) is 0 Å². The molecule has 2 unspecified atom stereocenters. The van der Waals surface area contributed by atoms with Crippen molar-refractivity contribution in [3.8, 4) is 0 Å². The van der Waals surface area contributed by atoms with Crippen molar-refractivity contribution in [2.75, 3.05) is 6.61 Å². The second kappa shape index (κ2) is 6.64. The fourth-order valence-corrected chi connectivity index (χ4v) is 3.11. The molecular weight excluding hydrogens is 292 g/mol. The first kappa shape index (κ1) is 14.0. The fourth-order valence-electron chi connectivity index (χ4n) is 2.76. The lowest BCUT2D eigenvalue weighted by molar-refractivity contribution is 0.189.